The Labute approximate surface area is 124 Å². The van der Waals surface area contributed by atoms with Gasteiger partial charge in [-0.2, -0.15) is 0 Å². The highest BCUT2D eigenvalue weighted by Gasteiger charge is 2.06. The summed E-state index contributed by atoms with van der Waals surface area (Å²) in [5.74, 6) is -0.922. The topological polar surface area (TPSA) is 49.3 Å². The van der Waals surface area contributed by atoms with Crippen LogP contribution in [0.3, 0.4) is 0 Å². The van der Waals surface area contributed by atoms with E-state index in [0.717, 1.165) is 16.6 Å². The molecule has 100 valence electrons. The molecule has 5 heteroatoms. The molecule has 0 aliphatic rings. The predicted molar refractivity (Wildman–Crippen MR) is 82.1 cm³/mol. The Hall–Kier alpha value is -1.33. The Morgan fingerprint density at radius 2 is 2.05 bits per heavy atom. The molecule has 2 N–H and O–H groups in total. The van der Waals surface area contributed by atoms with Gasteiger partial charge in [0.25, 0.3) is 0 Å². The minimum atomic E-state index is -0.922. The van der Waals surface area contributed by atoms with Gasteiger partial charge < -0.3 is 10.4 Å². The zero-order chi connectivity index (χ0) is 13.8. The molecular formula is C14H14BrNO2S. The first kappa shape index (κ1) is 14.1. The van der Waals surface area contributed by atoms with Crippen LogP contribution in [0.1, 0.15) is 27.0 Å². The number of carbonyl (C=O) groups is 1. The number of benzene rings is 1. The molecule has 1 aromatic heterocycles. The molecule has 0 bridgehead atoms. The van der Waals surface area contributed by atoms with Crippen molar-refractivity contribution < 1.29 is 9.90 Å². The first-order chi connectivity index (χ1) is 9.08. The summed E-state index contributed by atoms with van der Waals surface area (Å²) in [6, 6.07) is 9.34. The minimum Gasteiger partial charge on any atom is -0.478 e. The number of rotatable bonds is 5. The first-order valence-corrected chi connectivity index (χ1v) is 7.54. The zero-order valence-corrected chi connectivity index (χ0v) is 12.8. The van der Waals surface area contributed by atoms with Gasteiger partial charge in [0, 0.05) is 26.5 Å². The molecular weight excluding hydrogens is 326 g/mol. The van der Waals surface area contributed by atoms with Crippen molar-refractivity contribution in [2.75, 3.05) is 5.32 Å². The second-order valence-electron chi connectivity index (χ2n) is 4.11. The fourth-order valence-electron chi connectivity index (χ4n) is 1.71. The summed E-state index contributed by atoms with van der Waals surface area (Å²) in [5, 5.41) is 12.3. The largest absolute Gasteiger partial charge is 0.478 e. The van der Waals surface area contributed by atoms with Gasteiger partial charge in [-0.15, -0.1) is 11.3 Å². The second kappa shape index (κ2) is 6.21. The van der Waals surface area contributed by atoms with Crippen LogP contribution in [-0.4, -0.2) is 11.1 Å². The van der Waals surface area contributed by atoms with E-state index in [1.165, 1.54) is 9.75 Å². The molecule has 0 spiro atoms. The molecule has 19 heavy (non-hydrogen) atoms. The lowest BCUT2D eigenvalue weighted by Crippen LogP contribution is -2.01. The fraction of sp³-hybridized carbons (Fsp3) is 0.214. The van der Waals surface area contributed by atoms with Crippen molar-refractivity contribution in [2.45, 2.75) is 19.9 Å². The molecule has 0 saturated carbocycles. The quantitative estimate of drug-likeness (QED) is 0.849. The summed E-state index contributed by atoms with van der Waals surface area (Å²) in [6.07, 6.45) is 1.05. The summed E-state index contributed by atoms with van der Waals surface area (Å²) in [5.41, 5.74) is 1.08. The van der Waals surface area contributed by atoms with E-state index in [1.807, 2.05) is 6.07 Å². The normalized spacial score (nSPS) is 10.4. The van der Waals surface area contributed by atoms with Gasteiger partial charge in [0.2, 0.25) is 0 Å². The van der Waals surface area contributed by atoms with Crippen molar-refractivity contribution in [3.63, 3.8) is 0 Å². The van der Waals surface area contributed by atoms with Gasteiger partial charge in [-0.1, -0.05) is 22.9 Å². The number of aromatic carboxylic acids is 1. The van der Waals surface area contributed by atoms with Crippen molar-refractivity contribution in [3.05, 3.63) is 50.1 Å². The highest BCUT2D eigenvalue weighted by molar-refractivity contribution is 9.10. The zero-order valence-electron chi connectivity index (χ0n) is 10.4. The monoisotopic (exact) mass is 339 g/mol. The SMILES string of the molecule is CCc1ccc(CNc2cc(Br)cc(C(=O)O)c2)s1. The Balaban J connectivity index is 2.08. The van der Waals surface area contributed by atoms with E-state index in [2.05, 4.69) is 40.3 Å². The van der Waals surface area contributed by atoms with E-state index >= 15 is 0 Å². The number of carboxylic acids is 1. The number of hydrogen-bond acceptors (Lipinski definition) is 3. The first-order valence-electron chi connectivity index (χ1n) is 5.94. The smallest absolute Gasteiger partial charge is 0.335 e. The number of anilines is 1. The van der Waals surface area contributed by atoms with Crippen LogP contribution in [0.2, 0.25) is 0 Å². The fourth-order valence-corrected chi connectivity index (χ4v) is 3.10. The van der Waals surface area contributed by atoms with Gasteiger partial charge >= 0.3 is 5.97 Å². The van der Waals surface area contributed by atoms with Gasteiger partial charge in [0.1, 0.15) is 0 Å². The predicted octanol–water partition coefficient (Wildman–Crippen LogP) is 4.38. The number of carboxylic acid groups (broad SMARTS) is 1. The molecule has 3 nitrogen and oxygen atoms in total. The van der Waals surface area contributed by atoms with Crippen molar-refractivity contribution in [3.8, 4) is 0 Å². The molecule has 0 radical (unpaired) electrons. The Bertz CT molecular complexity index is 595. The van der Waals surface area contributed by atoms with Crippen LogP contribution in [0, 0.1) is 0 Å². The molecule has 0 aliphatic carbocycles. The highest BCUT2D eigenvalue weighted by atomic mass is 79.9. The standard InChI is InChI=1S/C14H14BrNO2S/c1-2-12-3-4-13(19-12)8-16-11-6-9(14(17)18)5-10(15)7-11/h3-7,16H,2,8H2,1H3,(H,17,18). The maximum atomic E-state index is 11.0. The van der Waals surface area contributed by atoms with Crippen molar-refractivity contribution in [1.29, 1.82) is 0 Å². The summed E-state index contributed by atoms with van der Waals surface area (Å²) >= 11 is 5.10. The molecule has 0 aliphatic heterocycles. The van der Waals surface area contributed by atoms with Gasteiger partial charge in [-0.3, -0.25) is 0 Å². The van der Waals surface area contributed by atoms with Crippen LogP contribution >= 0.6 is 27.3 Å². The number of aryl methyl sites for hydroxylation is 1. The van der Waals surface area contributed by atoms with Gasteiger partial charge in [0.05, 0.1) is 5.56 Å². The average molecular weight is 340 g/mol. The maximum Gasteiger partial charge on any atom is 0.335 e. The van der Waals surface area contributed by atoms with E-state index in [0.29, 0.717) is 6.54 Å². The molecule has 0 unspecified atom stereocenters. The Morgan fingerprint density at radius 3 is 2.68 bits per heavy atom. The van der Waals surface area contributed by atoms with Crippen molar-refractivity contribution in [2.24, 2.45) is 0 Å². The van der Waals surface area contributed by atoms with Crippen LogP contribution in [0.4, 0.5) is 5.69 Å². The minimum absolute atomic E-state index is 0.275. The van der Waals surface area contributed by atoms with E-state index in [-0.39, 0.29) is 5.56 Å². The van der Waals surface area contributed by atoms with Gasteiger partial charge in [-0.05, 0) is 36.8 Å². The third-order valence-electron chi connectivity index (χ3n) is 2.68. The lowest BCUT2D eigenvalue weighted by atomic mass is 10.2. The summed E-state index contributed by atoms with van der Waals surface area (Å²) in [4.78, 5) is 13.6. The molecule has 2 aromatic rings. The van der Waals surface area contributed by atoms with Crippen molar-refractivity contribution >= 4 is 38.9 Å². The van der Waals surface area contributed by atoms with E-state index < -0.39 is 5.97 Å². The summed E-state index contributed by atoms with van der Waals surface area (Å²) < 4.78 is 0.760. The van der Waals surface area contributed by atoms with Crippen molar-refractivity contribution in [1.82, 2.24) is 0 Å². The average Bonchev–Trinajstić information content (AvgIpc) is 2.83. The van der Waals surface area contributed by atoms with Crippen LogP contribution < -0.4 is 5.32 Å². The van der Waals surface area contributed by atoms with E-state index in [4.69, 9.17) is 5.11 Å². The molecule has 0 amide bonds. The molecule has 0 fully saturated rings. The van der Waals surface area contributed by atoms with E-state index in [9.17, 15) is 4.79 Å². The summed E-state index contributed by atoms with van der Waals surface area (Å²) in [6.45, 7) is 2.84. The summed E-state index contributed by atoms with van der Waals surface area (Å²) in [7, 11) is 0. The maximum absolute atomic E-state index is 11.0. The Morgan fingerprint density at radius 1 is 1.32 bits per heavy atom. The van der Waals surface area contributed by atoms with Crippen LogP contribution in [-0.2, 0) is 13.0 Å². The van der Waals surface area contributed by atoms with Crippen LogP contribution in [0.5, 0.6) is 0 Å². The third kappa shape index (κ3) is 3.81. The highest BCUT2D eigenvalue weighted by Crippen LogP contribution is 2.22. The second-order valence-corrected chi connectivity index (χ2v) is 6.28. The van der Waals surface area contributed by atoms with Crippen LogP contribution in [0.25, 0.3) is 0 Å². The molecule has 1 heterocycles. The number of halogens is 1. The van der Waals surface area contributed by atoms with Gasteiger partial charge in [-0.25, -0.2) is 4.79 Å². The number of hydrogen-bond donors (Lipinski definition) is 2. The molecule has 0 atom stereocenters. The number of thiophene rings is 1. The molecule has 0 saturated heterocycles. The van der Waals surface area contributed by atoms with Crippen LogP contribution in [0.15, 0.2) is 34.8 Å². The van der Waals surface area contributed by atoms with Gasteiger partial charge in [0.15, 0.2) is 0 Å². The lowest BCUT2D eigenvalue weighted by Gasteiger charge is -2.07. The van der Waals surface area contributed by atoms with E-state index in [1.54, 1.807) is 23.5 Å². The third-order valence-corrected chi connectivity index (χ3v) is 4.36. The lowest BCUT2D eigenvalue weighted by molar-refractivity contribution is 0.0697. The molecule has 2 rings (SSSR count). The Kier molecular flexibility index (Phi) is 4.61. The number of nitrogens with one attached hydrogen (secondary N) is 1. The molecule has 1 aromatic carbocycles.